The first-order chi connectivity index (χ1) is 12.3. The van der Waals surface area contributed by atoms with Crippen LogP contribution in [0.15, 0.2) is 24.3 Å². The second-order valence-corrected chi connectivity index (χ2v) is 8.27. The Bertz CT molecular complexity index is 680. The summed E-state index contributed by atoms with van der Waals surface area (Å²) in [5.74, 6) is -0.202. The summed E-state index contributed by atoms with van der Waals surface area (Å²) in [6, 6.07) is 6.97. The molecule has 2 aliphatic heterocycles. The fourth-order valence-corrected chi connectivity index (χ4v) is 3.47. The van der Waals surface area contributed by atoms with E-state index < -0.39 is 0 Å². The smallest absolute Gasteiger partial charge is 0.261 e. The van der Waals surface area contributed by atoms with Crippen molar-refractivity contribution in [2.75, 3.05) is 39.3 Å². The zero-order valence-electron chi connectivity index (χ0n) is 15.8. The Morgan fingerprint density at radius 2 is 1.46 bits per heavy atom. The monoisotopic (exact) mass is 357 g/mol. The first-order valence-corrected chi connectivity index (χ1v) is 9.22. The number of nitrogens with zero attached hydrogens (tertiary/aromatic N) is 3. The molecule has 1 saturated heterocycles. The third-order valence-electron chi connectivity index (χ3n) is 4.92. The molecule has 0 saturated carbocycles. The number of piperazine rings is 1. The van der Waals surface area contributed by atoms with E-state index in [4.69, 9.17) is 0 Å². The van der Waals surface area contributed by atoms with Crippen LogP contribution in [0.1, 0.15) is 47.9 Å². The normalized spacial score (nSPS) is 18.4. The van der Waals surface area contributed by atoms with Gasteiger partial charge in [-0.3, -0.25) is 24.2 Å². The van der Waals surface area contributed by atoms with E-state index in [9.17, 15) is 14.4 Å². The number of amides is 3. The molecule has 1 aromatic carbocycles. The molecule has 26 heavy (non-hydrogen) atoms. The molecule has 0 unspecified atom stereocenters. The van der Waals surface area contributed by atoms with Gasteiger partial charge in [0.2, 0.25) is 5.91 Å². The van der Waals surface area contributed by atoms with Gasteiger partial charge >= 0.3 is 0 Å². The number of hydrogen-bond donors (Lipinski definition) is 0. The van der Waals surface area contributed by atoms with Crippen molar-refractivity contribution >= 4 is 17.7 Å². The SMILES string of the molecule is CC(C)(C)CC(=O)N1CCN(CCN2C(=O)c3ccccc3C2=O)CC1. The Labute approximate surface area is 154 Å². The zero-order valence-corrected chi connectivity index (χ0v) is 15.8. The van der Waals surface area contributed by atoms with Gasteiger partial charge in [0.25, 0.3) is 11.8 Å². The van der Waals surface area contributed by atoms with Crippen LogP contribution in [0.2, 0.25) is 0 Å². The van der Waals surface area contributed by atoms with Gasteiger partial charge in [-0.05, 0) is 17.5 Å². The number of benzene rings is 1. The minimum atomic E-state index is -0.204. The molecule has 0 radical (unpaired) electrons. The standard InChI is InChI=1S/C20H27N3O3/c1-20(2,3)14-17(24)22-11-8-21(9-12-22)10-13-23-18(25)15-6-4-5-7-16(15)19(23)26/h4-7H,8-14H2,1-3H3. The molecule has 1 aromatic rings. The molecule has 0 aliphatic carbocycles. The molecule has 1 fully saturated rings. The van der Waals surface area contributed by atoms with Crippen LogP contribution in [0, 0.1) is 5.41 Å². The molecule has 6 nitrogen and oxygen atoms in total. The molecular formula is C20H27N3O3. The summed E-state index contributed by atoms with van der Waals surface area (Å²) in [6.45, 7) is 10.2. The number of carbonyl (C=O) groups is 3. The van der Waals surface area contributed by atoms with Gasteiger partial charge in [-0.1, -0.05) is 32.9 Å². The van der Waals surface area contributed by atoms with Crippen molar-refractivity contribution in [3.8, 4) is 0 Å². The van der Waals surface area contributed by atoms with Crippen molar-refractivity contribution in [3.05, 3.63) is 35.4 Å². The van der Waals surface area contributed by atoms with Gasteiger partial charge in [0, 0.05) is 45.7 Å². The van der Waals surface area contributed by atoms with Crippen LogP contribution < -0.4 is 0 Å². The molecule has 0 aromatic heterocycles. The summed E-state index contributed by atoms with van der Waals surface area (Å²) >= 11 is 0. The molecule has 2 heterocycles. The summed E-state index contributed by atoms with van der Waals surface area (Å²) in [5, 5.41) is 0. The van der Waals surface area contributed by atoms with Crippen LogP contribution in [0.3, 0.4) is 0 Å². The topological polar surface area (TPSA) is 60.9 Å². The third kappa shape index (κ3) is 3.96. The van der Waals surface area contributed by atoms with Crippen molar-refractivity contribution < 1.29 is 14.4 Å². The van der Waals surface area contributed by atoms with E-state index in [2.05, 4.69) is 25.7 Å². The lowest BCUT2D eigenvalue weighted by Gasteiger charge is -2.36. The predicted octanol–water partition coefficient (Wildman–Crippen LogP) is 1.86. The largest absolute Gasteiger partial charge is 0.340 e. The second kappa shape index (κ2) is 7.19. The fourth-order valence-electron chi connectivity index (χ4n) is 3.47. The highest BCUT2D eigenvalue weighted by Crippen LogP contribution is 2.23. The van der Waals surface area contributed by atoms with E-state index >= 15 is 0 Å². The molecule has 2 aliphatic rings. The lowest BCUT2D eigenvalue weighted by molar-refractivity contribution is -0.134. The number of hydrogen-bond acceptors (Lipinski definition) is 4. The Morgan fingerprint density at radius 1 is 0.923 bits per heavy atom. The third-order valence-corrected chi connectivity index (χ3v) is 4.92. The highest BCUT2D eigenvalue weighted by molar-refractivity contribution is 6.21. The van der Waals surface area contributed by atoms with Crippen LogP contribution in [-0.2, 0) is 4.79 Å². The number of fused-ring (bicyclic) bond motifs is 1. The molecular weight excluding hydrogens is 330 g/mol. The van der Waals surface area contributed by atoms with E-state index in [-0.39, 0.29) is 23.1 Å². The zero-order chi connectivity index (χ0) is 18.9. The Morgan fingerprint density at radius 3 is 1.96 bits per heavy atom. The number of carbonyl (C=O) groups excluding carboxylic acids is 3. The van der Waals surface area contributed by atoms with E-state index in [1.165, 1.54) is 4.90 Å². The molecule has 0 atom stereocenters. The van der Waals surface area contributed by atoms with Crippen LogP contribution in [-0.4, -0.2) is 71.7 Å². The second-order valence-electron chi connectivity index (χ2n) is 8.27. The average Bonchev–Trinajstić information content (AvgIpc) is 2.83. The first-order valence-electron chi connectivity index (χ1n) is 9.22. The highest BCUT2D eigenvalue weighted by Gasteiger charge is 2.35. The van der Waals surface area contributed by atoms with Crippen LogP contribution >= 0.6 is 0 Å². The van der Waals surface area contributed by atoms with Gasteiger partial charge in [-0.2, -0.15) is 0 Å². The van der Waals surface area contributed by atoms with Gasteiger partial charge in [-0.25, -0.2) is 0 Å². The quantitative estimate of drug-likeness (QED) is 0.772. The van der Waals surface area contributed by atoms with Gasteiger partial charge in [0.05, 0.1) is 11.1 Å². The lowest BCUT2D eigenvalue weighted by Crippen LogP contribution is -2.51. The van der Waals surface area contributed by atoms with Crippen molar-refractivity contribution in [3.63, 3.8) is 0 Å². The minimum Gasteiger partial charge on any atom is -0.340 e. The maximum atomic E-state index is 12.4. The van der Waals surface area contributed by atoms with Crippen LogP contribution in [0.5, 0.6) is 0 Å². The van der Waals surface area contributed by atoms with Crippen molar-refractivity contribution in [1.82, 2.24) is 14.7 Å². The van der Waals surface area contributed by atoms with E-state index in [0.717, 1.165) is 13.1 Å². The summed E-state index contributed by atoms with van der Waals surface area (Å²) in [7, 11) is 0. The fraction of sp³-hybridized carbons (Fsp3) is 0.550. The Balaban J connectivity index is 1.48. The predicted molar refractivity (Wildman–Crippen MR) is 98.9 cm³/mol. The minimum absolute atomic E-state index is 0.000298. The van der Waals surface area contributed by atoms with E-state index in [1.807, 2.05) is 4.90 Å². The van der Waals surface area contributed by atoms with Gasteiger partial charge in [0.15, 0.2) is 0 Å². The van der Waals surface area contributed by atoms with E-state index in [1.54, 1.807) is 24.3 Å². The van der Waals surface area contributed by atoms with Crippen LogP contribution in [0.25, 0.3) is 0 Å². The molecule has 3 amide bonds. The lowest BCUT2D eigenvalue weighted by atomic mass is 9.91. The van der Waals surface area contributed by atoms with Gasteiger partial charge in [-0.15, -0.1) is 0 Å². The summed E-state index contributed by atoms with van der Waals surface area (Å²) in [4.78, 5) is 42.6. The first kappa shape index (κ1) is 18.6. The van der Waals surface area contributed by atoms with Gasteiger partial charge in [0.1, 0.15) is 0 Å². The Hall–Kier alpha value is -2.21. The average molecular weight is 357 g/mol. The van der Waals surface area contributed by atoms with Crippen molar-refractivity contribution in [2.45, 2.75) is 27.2 Å². The van der Waals surface area contributed by atoms with Crippen molar-refractivity contribution in [1.29, 1.82) is 0 Å². The summed E-state index contributed by atoms with van der Waals surface area (Å²) in [6.07, 6.45) is 0.558. The van der Waals surface area contributed by atoms with Crippen molar-refractivity contribution in [2.24, 2.45) is 5.41 Å². The molecule has 6 heteroatoms. The summed E-state index contributed by atoms with van der Waals surface area (Å²) < 4.78 is 0. The molecule has 0 bridgehead atoms. The maximum absolute atomic E-state index is 12.4. The van der Waals surface area contributed by atoms with Crippen LogP contribution in [0.4, 0.5) is 0 Å². The molecule has 0 N–H and O–H groups in total. The molecule has 140 valence electrons. The summed E-state index contributed by atoms with van der Waals surface area (Å²) in [5.41, 5.74) is 0.991. The molecule has 0 spiro atoms. The number of imide groups is 1. The van der Waals surface area contributed by atoms with E-state index in [0.29, 0.717) is 43.7 Å². The Kier molecular flexibility index (Phi) is 5.14. The molecule has 3 rings (SSSR count). The highest BCUT2D eigenvalue weighted by atomic mass is 16.2. The number of rotatable bonds is 4. The maximum Gasteiger partial charge on any atom is 0.261 e. The van der Waals surface area contributed by atoms with Gasteiger partial charge < -0.3 is 4.90 Å².